The van der Waals surface area contributed by atoms with Gasteiger partial charge in [-0.2, -0.15) is 15.0 Å². The van der Waals surface area contributed by atoms with Crippen LogP contribution < -0.4 is 5.32 Å². The third-order valence-electron chi connectivity index (χ3n) is 6.07. The Morgan fingerprint density at radius 2 is 1.88 bits per heavy atom. The van der Waals surface area contributed by atoms with E-state index in [1.54, 1.807) is 10.9 Å². The monoisotopic (exact) mass is 477 g/mol. The van der Waals surface area contributed by atoms with E-state index in [0.29, 0.717) is 35.1 Å². The standard InChI is InChI=1S/C21H28ClN7O4/c1-6-10(7-2)24-16-12-17(27-20(22)26-16)29(9-23-12)19-15-13(31-21(4,5)32-15)14(30-19)18-25-11(8-3)28-33-18/h9-10,13-15,19H,6-8H2,1-5H3,(H,24,26,27)/t13-,14+,15-,19-/m1/s1. The molecular formula is C21H28ClN7O4. The molecular weight excluding hydrogens is 450 g/mol. The summed E-state index contributed by atoms with van der Waals surface area (Å²) in [6.07, 6.45) is 2.16. The molecule has 1 N–H and O–H groups in total. The number of hydrogen-bond acceptors (Lipinski definition) is 10. The first-order valence-electron chi connectivity index (χ1n) is 11.3. The summed E-state index contributed by atoms with van der Waals surface area (Å²) in [5.41, 5.74) is 1.15. The van der Waals surface area contributed by atoms with Crippen molar-refractivity contribution in [2.24, 2.45) is 0 Å². The molecule has 11 nitrogen and oxygen atoms in total. The maximum absolute atomic E-state index is 6.37. The number of rotatable bonds is 7. The smallest absolute Gasteiger partial charge is 0.258 e. The Hall–Kier alpha value is -2.34. The quantitative estimate of drug-likeness (QED) is 0.502. The number of imidazole rings is 1. The van der Waals surface area contributed by atoms with Crippen LogP contribution in [0, 0.1) is 0 Å². The maximum Gasteiger partial charge on any atom is 0.258 e. The number of nitrogens with one attached hydrogen (secondary N) is 1. The normalized spacial score (nSPS) is 26.4. The topological polar surface area (TPSA) is 122 Å². The second kappa shape index (κ2) is 8.46. The molecule has 12 heteroatoms. The number of anilines is 1. The molecule has 0 spiro atoms. The van der Waals surface area contributed by atoms with Crippen molar-refractivity contribution in [1.82, 2.24) is 29.7 Å². The third-order valence-corrected chi connectivity index (χ3v) is 6.24. The average molecular weight is 478 g/mol. The van der Waals surface area contributed by atoms with Crippen molar-refractivity contribution in [3.8, 4) is 0 Å². The van der Waals surface area contributed by atoms with Crippen molar-refractivity contribution in [3.63, 3.8) is 0 Å². The Kier molecular flexibility index (Phi) is 5.76. The molecule has 0 radical (unpaired) electrons. The largest absolute Gasteiger partial charge is 0.365 e. The Morgan fingerprint density at radius 1 is 1.12 bits per heavy atom. The Morgan fingerprint density at radius 3 is 2.58 bits per heavy atom. The molecule has 0 saturated carbocycles. The number of nitrogens with zero attached hydrogens (tertiary/aromatic N) is 6. The van der Waals surface area contributed by atoms with Crippen molar-refractivity contribution < 1.29 is 18.7 Å². The fourth-order valence-electron chi connectivity index (χ4n) is 4.39. The summed E-state index contributed by atoms with van der Waals surface area (Å²) < 4.78 is 26.0. The lowest BCUT2D eigenvalue weighted by Crippen LogP contribution is -2.27. The Labute approximate surface area is 196 Å². The highest BCUT2D eigenvalue weighted by atomic mass is 35.5. The summed E-state index contributed by atoms with van der Waals surface area (Å²) in [6.45, 7) is 9.93. The van der Waals surface area contributed by atoms with Gasteiger partial charge >= 0.3 is 0 Å². The van der Waals surface area contributed by atoms with E-state index in [-0.39, 0.29) is 11.3 Å². The van der Waals surface area contributed by atoms with Crippen LogP contribution in [-0.4, -0.2) is 53.7 Å². The lowest BCUT2D eigenvalue weighted by molar-refractivity contribution is -0.199. The van der Waals surface area contributed by atoms with E-state index in [1.807, 2.05) is 20.8 Å². The molecule has 5 rings (SSSR count). The minimum atomic E-state index is -0.797. The SMILES string of the molecule is CCc1noc([C@H]2O[C@@H](n3cnc4c(NC(CC)CC)nc(Cl)nc43)[C@@H]3OC(C)(C)O[C@@H]32)n1. The van der Waals surface area contributed by atoms with E-state index >= 15 is 0 Å². The van der Waals surface area contributed by atoms with E-state index in [1.165, 1.54) is 0 Å². The number of ether oxygens (including phenoxy) is 3. The van der Waals surface area contributed by atoms with E-state index in [0.717, 1.165) is 12.8 Å². The summed E-state index contributed by atoms with van der Waals surface area (Å²) in [7, 11) is 0. The molecule has 0 aromatic carbocycles. The van der Waals surface area contributed by atoms with Gasteiger partial charge in [0.2, 0.25) is 5.28 Å². The van der Waals surface area contributed by atoms with Gasteiger partial charge in [0.15, 0.2) is 40.9 Å². The second-order valence-electron chi connectivity index (χ2n) is 8.74. The third kappa shape index (κ3) is 3.96. The minimum Gasteiger partial charge on any atom is -0.365 e. The zero-order chi connectivity index (χ0) is 23.3. The van der Waals surface area contributed by atoms with Crippen LogP contribution in [-0.2, 0) is 20.6 Å². The first-order valence-corrected chi connectivity index (χ1v) is 11.7. The molecule has 4 atom stereocenters. The molecule has 2 saturated heterocycles. The van der Waals surface area contributed by atoms with E-state index in [4.69, 9.17) is 30.3 Å². The lowest BCUT2D eigenvalue weighted by atomic mass is 10.1. The van der Waals surface area contributed by atoms with Crippen LogP contribution in [0.2, 0.25) is 5.28 Å². The second-order valence-corrected chi connectivity index (χ2v) is 9.08. The molecule has 0 amide bonds. The predicted molar refractivity (Wildman–Crippen MR) is 119 cm³/mol. The molecule has 178 valence electrons. The van der Waals surface area contributed by atoms with Crippen LogP contribution in [0.4, 0.5) is 5.82 Å². The van der Waals surface area contributed by atoms with Gasteiger partial charge in [0, 0.05) is 12.5 Å². The van der Waals surface area contributed by atoms with Crippen molar-refractivity contribution in [2.45, 2.75) is 90.2 Å². The molecule has 2 aliphatic heterocycles. The first-order chi connectivity index (χ1) is 15.8. The molecule has 3 aromatic rings. The molecule has 0 unspecified atom stereocenters. The van der Waals surface area contributed by atoms with Crippen LogP contribution in [0.3, 0.4) is 0 Å². The number of hydrogen-bond donors (Lipinski definition) is 1. The Balaban J connectivity index is 1.54. The molecule has 2 aliphatic rings. The highest BCUT2D eigenvalue weighted by Gasteiger charge is 2.58. The number of aryl methyl sites for hydroxylation is 1. The van der Waals surface area contributed by atoms with E-state index in [2.05, 4.69) is 44.3 Å². The summed E-state index contributed by atoms with van der Waals surface area (Å²) in [5.74, 6) is 0.765. The average Bonchev–Trinajstić information content (AvgIpc) is 3.54. The van der Waals surface area contributed by atoms with Gasteiger partial charge in [0.25, 0.3) is 5.89 Å². The zero-order valence-corrected chi connectivity index (χ0v) is 20.0. The van der Waals surface area contributed by atoms with Crippen LogP contribution in [0.1, 0.15) is 71.5 Å². The van der Waals surface area contributed by atoms with Crippen LogP contribution >= 0.6 is 11.6 Å². The fourth-order valence-corrected chi connectivity index (χ4v) is 4.55. The Bertz CT molecular complexity index is 1150. The maximum atomic E-state index is 6.37. The van der Waals surface area contributed by atoms with Gasteiger partial charge in [-0.3, -0.25) is 4.57 Å². The molecule has 5 heterocycles. The number of halogens is 1. The van der Waals surface area contributed by atoms with Gasteiger partial charge < -0.3 is 24.1 Å². The first kappa shape index (κ1) is 22.5. The summed E-state index contributed by atoms with van der Waals surface area (Å²) in [6, 6.07) is 0.249. The lowest BCUT2D eigenvalue weighted by Gasteiger charge is -2.24. The fraction of sp³-hybridized carbons (Fsp3) is 0.667. The number of fused-ring (bicyclic) bond motifs is 2. The van der Waals surface area contributed by atoms with Crippen LogP contribution in [0.5, 0.6) is 0 Å². The van der Waals surface area contributed by atoms with E-state index in [9.17, 15) is 0 Å². The summed E-state index contributed by atoms with van der Waals surface area (Å²) >= 11 is 6.30. The van der Waals surface area contributed by atoms with Crippen molar-refractivity contribution in [2.75, 3.05) is 5.32 Å². The van der Waals surface area contributed by atoms with Gasteiger partial charge in [-0.25, -0.2) is 4.98 Å². The molecule has 33 heavy (non-hydrogen) atoms. The highest BCUT2D eigenvalue weighted by molar-refractivity contribution is 6.28. The minimum absolute atomic E-state index is 0.122. The zero-order valence-electron chi connectivity index (χ0n) is 19.3. The van der Waals surface area contributed by atoms with Gasteiger partial charge in [0.1, 0.15) is 12.2 Å². The van der Waals surface area contributed by atoms with Gasteiger partial charge in [0.05, 0.1) is 6.33 Å². The highest BCUT2D eigenvalue weighted by Crippen LogP contribution is 2.49. The molecule has 0 bridgehead atoms. The van der Waals surface area contributed by atoms with Gasteiger partial charge in [-0.1, -0.05) is 25.9 Å². The van der Waals surface area contributed by atoms with Crippen LogP contribution in [0.15, 0.2) is 10.9 Å². The predicted octanol–water partition coefficient (Wildman–Crippen LogP) is 3.82. The summed E-state index contributed by atoms with van der Waals surface area (Å²) in [4.78, 5) is 17.9. The van der Waals surface area contributed by atoms with E-state index < -0.39 is 30.3 Å². The van der Waals surface area contributed by atoms with Gasteiger partial charge in [-0.05, 0) is 38.3 Å². The summed E-state index contributed by atoms with van der Waals surface area (Å²) in [5, 5.41) is 7.56. The molecule has 0 aliphatic carbocycles. The van der Waals surface area contributed by atoms with Crippen molar-refractivity contribution in [3.05, 3.63) is 23.3 Å². The molecule has 3 aromatic heterocycles. The van der Waals surface area contributed by atoms with Crippen LogP contribution in [0.25, 0.3) is 11.2 Å². The van der Waals surface area contributed by atoms with Crippen molar-refractivity contribution in [1.29, 1.82) is 0 Å². The van der Waals surface area contributed by atoms with Crippen molar-refractivity contribution >= 4 is 28.6 Å². The molecule has 2 fully saturated rings. The number of aromatic nitrogens is 6. The van der Waals surface area contributed by atoms with Gasteiger partial charge in [-0.15, -0.1) is 0 Å².